The minimum Gasteiger partial charge on any atom is -0.466 e. The van der Waals surface area contributed by atoms with Gasteiger partial charge in [0.15, 0.2) is 0 Å². The van der Waals surface area contributed by atoms with Crippen molar-refractivity contribution in [3.05, 3.63) is 35.9 Å². The Bertz CT molecular complexity index is 849. The molecule has 4 rings (SSSR count). The number of thioether (sulfide) groups is 1. The smallest absolute Gasteiger partial charge is 0.311 e. The van der Waals surface area contributed by atoms with Gasteiger partial charge < -0.3 is 20.1 Å². The van der Waals surface area contributed by atoms with Gasteiger partial charge in [0.05, 0.1) is 29.8 Å². The molecule has 2 N–H and O–H groups in total. The SMILES string of the molecule is CCOC(=O)[C@@H]1[C@H]2C(=O)N(CCO)C(C(=O)NCc3ccccc3)C23CC[C@@]1(C)S3. The summed E-state index contributed by atoms with van der Waals surface area (Å²) in [6, 6.07) is 8.88. The molecule has 2 bridgehead atoms. The van der Waals surface area contributed by atoms with E-state index in [1.165, 1.54) is 4.90 Å². The molecule has 30 heavy (non-hydrogen) atoms. The fourth-order valence-corrected chi connectivity index (χ4v) is 7.89. The second-order valence-electron chi connectivity index (χ2n) is 8.44. The summed E-state index contributed by atoms with van der Waals surface area (Å²) < 4.78 is 4.23. The van der Waals surface area contributed by atoms with Gasteiger partial charge in [-0.1, -0.05) is 30.3 Å². The lowest BCUT2D eigenvalue weighted by Gasteiger charge is -2.34. The number of carbonyl (C=O) groups is 3. The van der Waals surface area contributed by atoms with Crippen LogP contribution in [0.1, 0.15) is 32.3 Å². The maximum atomic E-state index is 13.4. The van der Waals surface area contributed by atoms with Gasteiger partial charge in [0.2, 0.25) is 11.8 Å². The number of nitrogens with zero attached hydrogens (tertiary/aromatic N) is 1. The maximum absolute atomic E-state index is 13.4. The quantitative estimate of drug-likeness (QED) is 0.632. The van der Waals surface area contributed by atoms with Gasteiger partial charge in [-0.25, -0.2) is 0 Å². The molecule has 2 unspecified atom stereocenters. The maximum Gasteiger partial charge on any atom is 0.311 e. The third kappa shape index (κ3) is 3.12. The van der Waals surface area contributed by atoms with E-state index in [2.05, 4.69) is 5.32 Å². The highest BCUT2D eigenvalue weighted by Gasteiger charge is 2.77. The second kappa shape index (κ2) is 7.89. The van der Waals surface area contributed by atoms with Crippen molar-refractivity contribution in [3.8, 4) is 0 Å². The van der Waals surface area contributed by atoms with Crippen LogP contribution in [0.25, 0.3) is 0 Å². The molecule has 0 saturated carbocycles. The first-order valence-corrected chi connectivity index (χ1v) is 11.3. The third-order valence-corrected chi connectivity index (χ3v) is 8.70. The normalized spacial score (nSPS) is 34.2. The zero-order chi connectivity index (χ0) is 21.5. The first-order valence-electron chi connectivity index (χ1n) is 10.5. The van der Waals surface area contributed by atoms with E-state index in [1.54, 1.807) is 18.7 Å². The van der Waals surface area contributed by atoms with E-state index in [9.17, 15) is 19.5 Å². The monoisotopic (exact) mass is 432 g/mol. The van der Waals surface area contributed by atoms with Gasteiger partial charge in [0.1, 0.15) is 6.04 Å². The number of amides is 2. The molecule has 3 aliphatic rings. The van der Waals surface area contributed by atoms with Crippen LogP contribution in [0.5, 0.6) is 0 Å². The number of likely N-dealkylation sites (tertiary alicyclic amines) is 1. The molecule has 162 valence electrons. The Labute approximate surface area is 180 Å². The summed E-state index contributed by atoms with van der Waals surface area (Å²) in [5, 5.41) is 12.5. The van der Waals surface area contributed by atoms with Crippen molar-refractivity contribution in [2.45, 2.75) is 48.8 Å². The van der Waals surface area contributed by atoms with Crippen molar-refractivity contribution in [3.63, 3.8) is 0 Å². The lowest BCUT2D eigenvalue weighted by molar-refractivity contribution is -0.155. The number of carbonyl (C=O) groups excluding carboxylic acids is 3. The van der Waals surface area contributed by atoms with E-state index in [4.69, 9.17) is 4.74 Å². The van der Waals surface area contributed by atoms with Gasteiger partial charge >= 0.3 is 5.97 Å². The van der Waals surface area contributed by atoms with Crippen LogP contribution in [0.3, 0.4) is 0 Å². The summed E-state index contributed by atoms with van der Waals surface area (Å²) >= 11 is 1.60. The zero-order valence-electron chi connectivity index (χ0n) is 17.3. The number of esters is 1. The highest BCUT2D eigenvalue weighted by atomic mass is 32.2. The van der Waals surface area contributed by atoms with E-state index in [1.807, 2.05) is 37.3 Å². The molecule has 1 spiro atoms. The second-order valence-corrected chi connectivity index (χ2v) is 10.3. The van der Waals surface area contributed by atoms with Gasteiger partial charge in [-0.05, 0) is 32.3 Å². The minimum absolute atomic E-state index is 0.0767. The van der Waals surface area contributed by atoms with E-state index >= 15 is 0 Å². The number of nitrogens with one attached hydrogen (secondary N) is 1. The number of β-amino-alcohol motifs (C(OH)–C–C–N with tert-alkyl or cyclic N) is 1. The number of aliphatic hydroxyl groups excluding tert-OH is 1. The fraction of sp³-hybridized carbons (Fsp3) is 0.591. The van der Waals surface area contributed by atoms with Gasteiger partial charge in [0.25, 0.3) is 0 Å². The topological polar surface area (TPSA) is 95.9 Å². The highest BCUT2D eigenvalue weighted by molar-refractivity contribution is 8.02. The molecule has 0 radical (unpaired) electrons. The fourth-order valence-electron chi connectivity index (χ4n) is 5.55. The van der Waals surface area contributed by atoms with Gasteiger partial charge in [-0.15, -0.1) is 11.8 Å². The Morgan fingerprint density at radius 3 is 2.70 bits per heavy atom. The zero-order valence-corrected chi connectivity index (χ0v) is 18.1. The van der Waals surface area contributed by atoms with E-state index in [0.717, 1.165) is 12.0 Å². The molecule has 1 aromatic rings. The number of hydrogen-bond acceptors (Lipinski definition) is 6. The summed E-state index contributed by atoms with van der Waals surface area (Å²) in [7, 11) is 0. The summed E-state index contributed by atoms with van der Waals surface area (Å²) in [6.07, 6.45) is 1.44. The highest BCUT2D eigenvalue weighted by Crippen LogP contribution is 2.71. The van der Waals surface area contributed by atoms with Gasteiger partial charge in [0, 0.05) is 17.8 Å². The first kappa shape index (κ1) is 21.2. The summed E-state index contributed by atoms with van der Waals surface area (Å²) in [5.41, 5.74) is 0.970. The molecule has 0 aliphatic carbocycles. The van der Waals surface area contributed by atoms with Crippen molar-refractivity contribution in [1.29, 1.82) is 0 Å². The number of ether oxygens (including phenoxy) is 1. The average molecular weight is 433 g/mol. The lowest BCUT2D eigenvalue weighted by atomic mass is 9.66. The van der Waals surface area contributed by atoms with E-state index < -0.39 is 27.4 Å². The Balaban J connectivity index is 1.65. The molecule has 5 atom stereocenters. The Morgan fingerprint density at radius 1 is 1.30 bits per heavy atom. The third-order valence-electron chi connectivity index (χ3n) is 6.72. The lowest BCUT2D eigenvalue weighted by Crippen LogP contribution is -2.53. The molecule has 1 aromatic carbocycles. The molecule has 8 heteroatoms. The minimum atomic E-state index is -0.711. The Morgan fingerprint density at radius 2 is 2.03 bits per heavy atom. The summed E-state index contributed by atoms with van der Waals surface area (Å²) in [6.45, 7) is 4.22. The predicted octanol–water partition coefficient (Wildman–Crippen LogP) is 1.34. The van der Waals surface area contributed by atoms with Crippen molar-refractivity contribution in [1.82, 2.24) is 10.2 Å². The molecular formula is C22H28N2O5S. The molecule has 3 heterocycles. The number of fused-ring (bicyclic) bond motifs is 1. The largest absolute Gasteiger partial charge is 0.466 e. The van der Waals surface area contributed by atoms with Crippen LogP contribution in [0, 0.1) is 11.8 Å². The first-order chi connectivity index (χ1) is 14.4. The van der Waals surface area contributed by atoms with Gasteiger partial charge in [-0.2, -0.15) is 0 Å². The standard InChI is InChI=1S/C22H28N2O5S/c1-3-29-20(28)16-15-19(27)24(11-12-25)17(22(15)10-9-21(16,2)30-22)18(26)23-13-14-7-5-4-6-8-14/h4-8,15-17,25H,3,9-13H2,1-2H3,(H,23,26)/t15-,16-,17?,21+,22?/m0/s1. The summed E-state index contributed by atoms with van der Waals surface area (Å²) in [5.74, 6) is -1.99. The number of benzene rings is 1. The number of hydrogen-bond donors (Lipinski definition) is 2. The van der Waals surface area contributed by atoms with Crippen LogP contribution in [0.15, 0.2) is 30.3 Å². The Kier molecular flexibility index (Phi) is 5.57. The molecule has 7 nitrogen and oxygen atoms in total. The van der Waals surface area contributed by atoms with Crippen LogP contribution in [0.2, 0.25) is 0 Å². The van der Waals surface area contributed by atoms with Crippen LogP contribution in [-0.2, 0) is 25.7 Å². The van der Waals surface area contributed by atoms with E-state index in [0.29, 0.717) is 13.0 Å². The molecule has 2 amide bonds. The number of rotatable bonds is 7. The van der Waals surface area contributed by atoms with Crippen LogP contribution >= 0.6 is 11.8 Å². The molecule has 0 aromatic heterocycles. The predicted molar refractivity (Wildman–Crippen MR) is 112 cm³/mol. The van der Waals surface area contributed by atoms with Crippen molar-refractivity contribution >= 4 is 29.5 Å². The van der Waals surface area contributed by atoms with Crippen LogP contribution < -0.4 is 5.32 Å². The van der Waals surface area contributed by atoms with Gasteiger partial charge in [-0.3, -0.25) is 14.4 Å². The van der Waals surface area contributed by atoms with Crippen molar-refractivity contribution in [2.75, 3.05) is 19.8 Å². The van der Waals surface area contributed by atoms with Crippen LogP contribution in [0.4, 0.5) is 0 Å². The molecule has 3 aliphatic heterocycles. The van der Waals surface area contributed by atoms with Crippen molar-refractivity contribution in [2.24, 2.45) is 11.8 Å². The van der Waals surface area contributed by atoms with E-state index in [-0.39, 0.29) is 37.5 Å². The molecule has 3 saturated heterocycles. The average Bonchev–Trinajstić information content (AvgIpc) is 3.29. The van der Waals surface area contributed by atoms with Crippen LogP contribution in [-0.4, -0.2) is 63.1 Å². The summed E-state index contributed by atoms with van der Waals surface area (Å²) in [4.78, 5) is 41.1. The van der Waals surface area contributed by atoms with Crippen molar-refractivity contribution < 1.29 is 24.2 Å². The molecular weight excluding hydrogens is 404 g/mol. The number of aliphatic hydroxyl groups is 1. The molecule has 3 fully saturated rings. The Hall–Kier alpha value is -2.06.